The molecule has 0 aromatic rings. The van der Waals surface area contributed by atoms with Crippen molar-refractivity contribution in [2.24, 2.45) is 29.6 Å². The van der Waals surface area contributed by atoms with Crippen LogP contribution in [0.3, 0.4) is 0 Å². The van der Waals surface area contributed by atoms with Crippen LogP contribution in [0, 0.1) is 29.6 Å². The number of hydrogen-bond donors (Lipinski definition) is 0. The van der Waals surface area contributed by atoms with Crippen molar-refractivity contribution in [3.05, 3.63) is 23.3 Å². The molecule has 138 valence electrons. The first-order chi connectivity index (χ1) is 11.6. The van der Waals surface area contributed by atoms with Crippen molar-refractivity contribution < 1.29 is 0 Å². The van der Waals surface area contributed by atoms with Crippen LogP contribution in [-0.4, -0.2) is 0 Å². The molecule has 5 unspecified atom stereocenters. The van der Waals surface area contributed by atoms with E-state index in [0.29, 0.717) is 0 Å². The summed E-state index contributed by atoms with van der Waals surface area (Å²) in [5.74, 6) is 4.44. The number of hydrogen-bond acceptors (Lipinski definition) is 0. The van der Waals surface area contributed by atoms with Crippen LogP contribution in [0.2, 0.25) is 0 Å². The molecule has 5 atom stereocenters. The largest absolute Gasteiger partial charge is 0.0853 e. The van der Waals surface area contributed by atoms with Gasteiger partial charge >= 0.3 is 0 Å². The van der Waals surface area contributed by atoms with E-state index in [0.717, 1.165) is 29.6 Å². The highest BCUT2D eigenvalue weighted by Gasteiger charge is 2.31. The third-order valence-corrected chi connectivity index (χ3v) is 7.08. The van der Waals surface area contributed by atoms with E-state index >= 15 is 0 Å². The lowest BCUT2D eigenvalue weighted by Crippen LogP contribution is -2.27. The van der Waals surface area contributed by atoms with Crippen molar-refractivity contribution in [3.8, 4) is 0 Å². The number of rotatable bonds is 5. The van der Waals surface area contributed by atoms with Gasteiger partial charge < -0.3 is 0 Å². The van der Waals surface area contributed by atoms with Gasteiger partial charge in [-0.15, -0.1) is 0 Å². The Morgan fingerprint density at radius 1 is 1.08 bits per heavy atom. The highest BCUT2D eigenvalue weighted by Crippen LogP contribution is 2.43. The molecule has 0 spiro atoms. The fraction of sp³-hybridized carbons (Fsp3) is 0.833. The van der Waals surface area contributed by atoms with Crippen LogP contribution in [0.4, 0.5) is 0 Å². The summed E-state index contributed by atoms with van der Waals surface area (Å²) >= 11 is 0. The Morgan fingerprint density at radius 3 is 2.58 bits per heavy atom. The monoisotopic (exact) mass is 330 g/mol. The zero-order valence-electron chi connectivity index (χ0n) is 17.1. The molecule has 0 radical (unpaired) electrons. The van der Waals surface area contributed by atoms with Crippen LogP contribution in [0.5, 0.6) is 0 Å². The topological polar surface area (TPSA) is 0 Å². The third-order valence-electron chi connectivity index (χ3n) is 7.08. The molecule has 2 rings (SSSR count). The molecule has 0 saturated heterocycles. The van der Waals surface area contributed by atoms with Crippen molar-refractivity contribution in [1.29, 1.82) is 0 Å². The van der Waals surface area contributed by atoms with Crippen LogP contribution >= 0.6 is 0 Å². The Labute approximate surface area is 152 Å². The van der Waals surface area contributed by atoms with Gasteiger partial charge in [0.15, 0.2) is 0 Å². The highest BCUT2D eigenvalue weighted by molar-refractivity contribution is 5.11. The van der Waals surface area contributed by atoms with Crippen molar-refractivity contribution >= 4 is 0 Å². The molecule has 0 aromatic carbocycles. The van der Waals surface area contributed by atoms with Crippen molar-refractivity contribution in [3.63, 3.8) is 0 Å². The van der Waals surface area contributed by atoms with Gasteiger partial charge in [0.2, 0.25) is 0 Å². The molecular weight excluding hydrogens is 288 g/mol. The van der Waals surface area contributed by atoms with Crippen LogP contribution in [-0.2, 0) is 0 Å². The Balaban J connectivity index is 2.11. The van der Waals surface area contributed by atoms with E-state index in [1.165, 1.54) is 64.2 Å². The molecule has 2 aliphatic carbocycles. The standard InChI is InChI=1S/C24H42/c1-6-9-19(4)21-14-12-18(3)13-15-22(17-16-21)24-11-8-10-20(5)23(24)7-2/h10,14,18-19,22-24H,6-9,11-13,15-17H2,1-5H3. The summed E-state index contributed by atoms with van der Waals surface area (Å²) in [5, 5.41) is 0. The van der Waals surface area contributed by atoms with Crippen LogP contribution in [0.25, 0.3) is 0 Å². The molecule has 0 bridgehead atoms. The summed E-state index contributed by atoms with van der Waals surface area (Å²) < 4.78 is 0. The van der Waals surface area contributed by atoms with E-state index in [2.05, 4.69) is 46.8 Å². The second-order valence-corrected chi connectivity index (χ2v) is 8.89. The smallest absolute Gasteiger partial charge is 0.0178 e. The molecule has 0 N–H and O–H groups in total. The first-order valence-electron chi connectivity index (χ1n) is 10.9. The van der Waals surface area contributed by atoms with Gasteiger partial charge in [-0.3, -0.25) is 0 Å². The molecule has 2 aliphatic rings. The molecular formula is C24H42. The molecule has 0 heterocycles. The molecule has 0 fully saturated rings. The average Bonchev–Trinajstić information content (AvgIpc) is 2.66. The van der Waals surface area contributed by atoms with Crippen molar-refractivity contribution in [2.75, 3.05) is 0 Å². The summed E-state index contributed by atoms with van der Waals surface area (Å²) in [6, 6.07) is 0. The first kappa shape index (κ1) is 19.8. The van der Waals surface area contributed by atoms with Crippen LogP contribution < -0.4 is 0 Å². The second-order valence-electron chi connectivity index (χ2n) is 8.89. The summed E-state index contributed by atoms with van der Waals surface area (Å²) in [6.45, 7) is 12.1. The summed E-state index contributed by atoms with van der Waals surface area (Å²) in [6.07, 6.45) is 19.0. The zero-order chi connectivity index (χ0) is 17.5. The molecule has 0 nitrogen and oxygen atoms in total. The summed E-state index contributed by atoms with van der Waals surface area (Å²) in [4.78, 5) is 0. The fourth-order valence-electron chi connectivity index (χ4n) is 5.44. The van der Waals surface area contributed by atoms with Crippen molar-refractivity contribution in [1.82, 2.24) is 0 Å². The minimum absolute atomic E-state index is 0.802. The van der Waals surface area contributed by atoms with Gasteiger partial charge in [-0.25, -0.2) is 0 Å². The van der Waals surface area contributed by atoms with E-state index in [1.54, 1.807) is 11.1 Å². The third kappa shape index (κ3) is 5.24. The predicted molar refractivity (Wildman–Crippen MR) is 108 cm³/mol. The van der Waals surface area contributed by atoms with Crippen LogP contribution in [0.15, 0.2) is 23.3 Å². The van der Waals surface area contributed by atoms with Gasteiger partial charge in [-0.2, -0.15) is 0 Å². The second kappa shape index (κ2) is 9.83. The molecule has 0 heteroatoms. The van der Waals surface area contributed by atoms with Gasteiger partial charge in [-0.1, -0.05) is 63.8 Å². The van der Waals surface area contributed by atoms with E-state index in [9.17, 15) is 0 Å². The molecule has 0 saturated carbocycles. The predicted octanol–water partition coefficient (Wildman–Crippen LogP) is 7.95. The zero-order valence-corrected chi connectivity index (χ0v) is 17.1. The Morgan fingerprint density at radius 2 is 1.88 bits per heavy atom. The normalized spacial score (nSPS) is 33.7. The quantitative estimate of drug-likeness (QED) is 0.449. The van der Waals surface area contributed by atoms with E-state index in [-0.39, 0.29) is 0 Å². The SMILES string of the molecule is CCCC(C)C1=CCC(C)CCC(C2CCC=C(C)C2CC)CC1. The molecule has 0 aromatic heterocycles. The Kier molecular flexibility index (Phi) is 8.11. The highest BCUT2D eigenvalue weighted by atomic mass is 14.4. The maximum atomic E-state index is 2.64. The minimum Gasteiger partial charge on any atom is -0.0853 e. The number of allylic oxidation sites excluding steroid dienone is 4. The van der Waals surface area contributed by atoms with Gasteiger partial charge in [-0.05, 0) is 87.9 Å². The Hall–Kier alpha value is -0.520. The van der Waals surface area contributed by atoms with Crippen LogP contribution in [0.1, 0.15) is 98.8 Å². The van der Waals surface area contributed by atoms with Gasteiger partial charge in [0, 0.05) is 0 Å². The Bertz CT molecular complexity index is 427. The minimum atomic E-state index is 0.802. The maximum Gasteiger partial charge on any atom is -0.0178 e. The lowest BCUT2D eigenvalue weighted by atomic mass is 9.68. The lowest BCUT2D eigenvalue weighted by Gasteiger charge is -2.37. The summed E-state index contributed by atoms with van der Waals surface area (Å²) in [5.41, 5.74) is 3.48. The van der Waals surface area contributed by atoms with E-state index in [1.807, 2.05) is 0 Å². The van der Waals surface area contributed by atoms with Gasteiger partial charge in [0.25, 0.3) is 0 Å². The molecule has 0 aliphatic heterocycles. The van der Waals surface area contributed by atoms with E-state index < -0.39 is 0 Å². The van der Waals surface area contributed by atoms with Gasteiger partial charge in [0.1, 0.15) is 0 Å². The average molecular weight is 331 g/mol. The van der Waals surface area contributed by atoms with E-state index in [4.69, 9.17) is 0 Å². The van der Waals surface area contributed by atoms with Gasteiger partial charge in [0.05, 0.1) is 0 Å². The molecule has 0 amide bonds. The first-order valence-corrected chi connectivity index (χ1v) is 10.9. The lowest BCUT2D eigenvalue weighted by molar-refractivity contribution is 0.190. The maximum absolute atomic E-state index is 2.64. The van der Waals surface area contributed by atoms with Crippen molar-refractivity contribution in [2.45, 2.75) is 98.8 Å². The molecule has 24 heavy (non-hydrogen) atoms. The summed E-state index contributed by atoms with van der Waals surface area (Å²) in [7, 11) is 0. The fourth-order valence-corrected chi connectivity index (χ4v) is 5.44.